The highest BCUT2D eigenvalue weighted by molar-refractivity contribution is 7.15. The van der Waals surface area contributed by atoms with Gasteiger partial charge in [-0.2, -0.15) is 4.98 Å². The van der Waals surface area contributed by atoms with Gasteiger partial charge < -0.3 is 10.6 Å². The number of carbonyl (C=O) groups is 2. The van der Waals surface area contributed by atoms with E-state index in [9.17, 15) is 9.59 Å². The molecule has 0 fully saturated rings. The van der Waals surface area contributed by atoms with E-state index in [1.54, 1.807) is 22.7 Å². The molecule has 0 spiro atoms. The molecule has 4 aromatic rings. The van der Waals surface area contributed by atoms with Crippen LogP contribution in [-0.4, -0.2) is 33.0 Å². The Labute approximate surface area is 188 Å². The minimum atomic E-state index is -0.690. The summed E-state index contributed by atoms with van der Waals surface area (Å²) in [5, 5.41) is 12.4. The summed E-state index contributed by atoms with van der Waals surface area (Å²) in [4.78, 5) is 29.6. The average molecular weight is 454 g/mol. The molecule has 0 atom stereocenters. The number of benzene rings is 2. The van der Waals surface area contributed by atoms with E-state index in [0.717, 1.165) is 27.3 Å². The SMILES string of the molecule is Cc1ccc(NC(=O)C(=O)NCCc2csc3nc(-c4ccc(Cl)cc4)nn23)cc1C. The van der Waals surface area contributed by atoms with Crippen molar-refractivity contribution in [2.75, 3.05) is 11.9 Å². The van der Waals surface area contributed by atoms with Gasteiger partial charge in [-0.25, -0.2) is 4.52 Å². The van der Waals surface area contributed by atoms with Crippen molar-refractivity contribution in [2.24, 2.45) is 0 Å². The Hall–Kier alpha value is -3.23. The number of hydrogen-bond donors (Lipinski definition) is 2. The monoisotopic (exact) mass is 453 g/mol. The number of thiazole rings is 1. The zero-order valence-corrected chi connectivity index (χ0v) is 18.5. The van der Waals surface area contributed by atoms with Gasteiger partial charge in [-0.15, -0.1) is 16.4 Å². The summed E-state index contributed by atoms with van der Waals surface area (Å²) in [6, 6.07) is 12.9. The van der Waals surface area contributed by atoms with Gasteiger partial charge in [0, 0.05) is 34.6 Å². The van der Waals surface area contributed by atoms with Gasteiger partial charge in [0.1, 0.15) is 0 Å². The first-order chi connectivity index (χ1) is 14.9. The molecule has 0 bridgehead atoms. The van der Waals surface area contributed by atoms with Crippen molar-refractivity contribution in [3.05, 3.63) is 69.7 Å². The van der Waals surface area contributed by atoms with E-state index < -0.39 is 11.8 Å². The van der Waals surface area contributed by atoms with Gasteiger partial charge in [0.2, 0.25) is 4.96 Å². The summed E-state index contributed by atoms with van der Waals surface area (Å²) in [7, 11) is 0. The molecular weight excluding hydrogens is 434 g/mol. The molecule has 31 heavy (non-hydrogen) atoms. The van der Waals surface area contributed by atoms with Crippen molar-refractivity contribution in [2.45, 2.75) is 20.3 Å². The van der Waals surface area contributed by atoms with Crippen LogP contribution in [0, 0.1) is 13.8 Å². The number of carbonyl (C=O) groups excluding carboxylic acids is 2. The lowest BCUT2D eigenvalue weighted by molar-refractivity contribution is -0.136. The van der Waals surface area contributed by atoms with Crippen molar-refractivity contribution in [3.63, 3.8) is 0 Å². The smallest absolute Gasteiger partial charge is 0.313 e. The minimum absolute atomic E-state index is 0.307. The molecule has 158 valence electrons. The first-order valence-corrected chi connectivity index (χ1v) is 10.9. The van der Waals surface area contributed by atoms with Crippen molar-refractivity contribution in [1.29, 1.82) is 0 Å². The molecule has 0 aliphatic rings. The fraction of sp³-hybridized carbons (Fsp3) is 0.182. The number of fused-ring (bicyclic) bond motifs is 1. The highest BCUT2D eigenvalue weighted by atomic mass is 35.5. The first kappa shape index (κ1) is 21.0. The van der Waals surface area contributed by atoms with Crippen molar-refractivity contribution >= 4 is 45.4 Å². The van der Waals surface area contributed by atoms with Crippen molar-refractivity contribution in [1.82, 2.24) is 19.9 Å². The Kier molecular flexibility index (Phi) is 6.01. The van der Waals surface area contributed by atoms with Crippen LogP contribution in [-0.2, 0) is 16.0 Å². The van der Waals surface area contributed by atoms with Crippen molar-refractivity contribution < 1.29 is 9.59 Å². The fourth-order valence-electron chi connectivity index (χ4n) is 3.01. The topological polar surface area (TPSA) is 88.4 Å². The van der Waals surface area contributed by atoms with Crippen LogP contribution in [0.4, 0.5) is 5.69 Å². The summed E-state index contributed by atoms with van der Waals surface area (Å²) < 4.78 is 1.76. The zero-order chi connectivity index (χ0) is 22.0. The maximum absolute atomic E-state index is 12.1. The molecule has 4 rings (SSSR count). The number of amides is 2. The van der Waals surface area contributed by atoms with Gasteiger partial charge in [-0.05, 0) is 61.4 Å². The van der Waals surface area contributed by atoms with E-state index in [0.29, 0.717) is 29.5 Å². The molecular formula is C22H20ClN5O2S. The molecule has 0 aliphatic carbocycles. The Bertz CT molecular complexity index is 1260. The summed E-state index contributed by atoms with van der Waals surface area (Å²) in [5.74, 6) is -0.754. The lowest BCUT2D eigenvalue weighted by atomic mass is 10.1. The lowest BCUT2D eigenvalue weighted by Gasteiger charge is -2.08. The van der Waals surface area contributed by atoms with Crippen LogP contribution in [0.5, 0.6) is 0 Å². The highest BCUT2D eigenvalue weighted by Gasteiger charge is 2.15. The molecule has 2 N–H and O–H groups in total. The van der Waals surface area contributed by atoms with Gasteiger partial charge in [-0.3, -0.25) is 9.59 Å². The molecule has 0 radical (unpaired) electrons. The Morgan fingerprint density at radius 3 is 2.58 bits per heavy atom. The number of nitrogens with one attached hydrogen (secondary N) is 2. The van der Waals surface area contributed by atoms with Gasteiger partial charge >= 0.3 is 11.8 Å². The maximum Gasteiger partial charge on any atom is 0.313 e. The number of hydrogen-bond acceptors (Lipinski definition) is 5. The van der Waals surface area contributed by atoms with Gasteiger partial charge in [0.15, 0.2) is 5.82 Å². The summed E-state index contributed by atoms with van der Waals surface area (Å²) >= 11 is 7.41. The van der Waals surface area contributed by atoms with E-state index >= 15 is 0 Å². The second-order valence-corrected chi connectivity index (χ2v) is 8.40. The van der Waals surface area contributed by atoms with Gasteiger partial charge in [0.25, 0.3) is 0 Å². The summed E-state index contributed by atoms with van der Waals surface area (Å²) in [6.45, 7) is 4.25. The number of aryl methyl sites for hydroxylation is 2. The molecule has 2 aromatic carbocycles. The molecule has 2 amide bonds. The number of halogens is 1. The number of aromatic nitrogens is 3. The van der Waals surface area contributed by atoms with Crippen LogP contribution in [0.2, 0.25) is 5.02 Å². The molecule has 7 nitrogen and oxygen atoms in total. The molecule has 0 saturated carbocycles. The van der Waals surface area contributed by atoms with Gasteiger partial charge in [0.05, 0.1) is 5.69 Å². The Morgan fingerprint density at radius 2 is 1.84 bits per heavy atom. The second-order valence-electron chi connectivity index (χ2n) is 7.12. The predicted octanol–water partition coefficient (Wildman–Crippen LogP) is 4.03. The normalized spacial score (nSPS) is 10.9. The van der Waals surface area contributed by atoms with Crippen molar-refractivity contribution in [3.8, 4) is 11.4 Å². The third-order valence-electron chi connectivity index (χ3n) is 4.89. The largest absolute Gasteiger partial charge is 0.347 e. The van der Waals surface area contributed by atoms with Gasteiger partial charge in [-0.1, -0.05) is 17.7 Å². The summed E-state index contributed by atoms with van der Waals surface area (Å²) in [5.41, 5.74) is 4.55. The third-order valence-corrected chi connectivity index (χ3v) is 6.01. The highest BCUT2D eigenvalue weighted by Crippen LogP contribution is 2.22. The lowest BCUT2D eigenvalue weighted by Crippen LogP contribution is -2.36. The van der Waals surface area contributed by atoms with E-state index in [1.807, 2.05) is 43.5 Å². The van der Waals surface area contributed by atoms with Crippen LogP contribution in [0.25, 0.3) is 16.3 Å². The second kappa shape index (κ2) is 8.87. The first-order valence-electron chi connectivity index (χ1n) is 9.66. The van der Waals surface area contributed by atoms with Crippen LogP contribution in [0.3, 0.4) is 0 Å². The van der Waals surface area contributed by atoms with E-state index in [4.69, 9.17) is 11.6 Å². The predicted molar refractivity (Wildman–Crippen MR) is 123 cm³/mol. The van der Waals surface area contributed by atoms with Crippen LogP contribution in [0.1, 0.15) is 16.8 Å². The summed E-state index contributed by atoms with van der Waals surface area (Å²) in [6.07, 6.45) is 0.520. The molecule has 0 unspecified atom stereocenters. The van der Waals surface area contributed by atoms with Crippen LogP contribution >= 0.6 is 22.9 Å². The quantitative estimate of drug-likeness (QED) is 0.446. The Balaban J connectivity index is 1.35. The number of anilines is 1. The molecule has 9 heteroatoms. The van der Waals surface area contributed by atoms with E-state index in [1.165, 1.54) is 11.3 Å². The van der Waals surface area contributed by atoms with Crippen LogP contribution < -0.4 is 10.6 Å². The number of rotatable bonds is 5. The third kappa shape index (κ3) is 4.76. The fourth-order valence-corrected chi connectivity index (χ4v) is 3.99. The van der Waals surface area contributed by atoms with E-state index in [-0.39, 0.29) is 0 Å². The average Bonchev–Trinajstić information content (AvgIpc) is 3.33. The molecule has 0 saturated heterocycles. The Morgan fingerprint density at radius 1 is 1.06 bits per heavy atom. The van der Waals surface area contributed by atoms with E-state index in [2.05, 4.69) is 20.7 Å². The number of nitrogens with zero attached hydrogens (tertiary/aromatic N) is 3. The molecule has 2 aromatic heterocycles. The maximum atomic E-state index is 12.1. The minimum Gasteiger partial charge on any atom is -0.347 e. The standard InChI is InChI=1S/C22H20ClN5O2S/c1-13-3-8-17(11-14(13)2)25-21(30)20(29)24-10-9-18-12-31-22-26-19(27-28(18)22)15-4-6-16(23)7-5-15/h3-8,11-12H,9-10H2,1-2H3,(H,24,29)(H,25,30). The molecule has 0 aliphatic heterocycles. The molecule has 2 heterocycles. The van der Waals surface area contributed by atoms with Crippen LogP contribution in [0.15, 0.2) is 47.8 Å². The zero-order valence-electron chi connectivity index (χ0n) is 17.0.